The van der Waals surface area contributed by atoms with Gasteiger partial charge in [0.25, 0.3) is 0 Å². The van der Waals surface area contributed by atoms with Gasteiger partial charge in [-0.2, -0.15) is 10.2 Å². The second kappa shape index (κ2) is 71.2. The lowest BCUT2D eigenvalue weighted by Gasteiger charge is -2.18. The summed E-state index contributed by atoms with van der Waals surface area (Å²) in [6.45, 7) is 65.6. The Morgan fingerprint density at radius 2 is 0.924 bits per heavy atom. The van der Waals surface area contributed by atoms with E-state index in [0.717, 1.165) is 146 Å². The van der Waals surface area contributed by atoms with Crippen molar-refractivity contribution >= 4 is 47.4 Å². The molecule has 2 rings (SSSR count). The Hall–Kier alpha value is -6.43. The summed E-state index contributed by atoms with van der Waals surface area (Å²) in [4.78, 5) is 86.5. The number of primary amides is 1. The number of guanidine groups is 1. The number of nitrogens with two attached hydrogens (primary N) is 1. The molecule has 0 radical (unpaired) electrons. The summed E-state index contributed by atoms with van der Waals surface area (Å²) in [6, 6.07) is 0. The predicted molar refractivity (Wildman–Crippen MR) is 488 cm³/mol. The molecule has 2 heterocycles. The third-order valence-electron chi connectivity index (χ3n) is 16.4. The Morgan fingerprint density at radius 1 is 0.525 bits per heavy atom. The van der Waals surface area contributed by atoms with Gasteiger partial charge in [-0.15, -0.1) is 10.2 Å². The summed E-state index contributed by atoms with van der Waals surface area (Å²) in [5.74, 6) is 4.99. The molecular weight excluding hydrogens is 1500 g/mol. The van der Waals surface area contributed by atoms with Crippen molar-refractivity contribution in [1.82, 2.24) is 45.6 Å². The van der Waals surface area contributed by atoms with Crippen LogP contribution in [0.25, 0.3) is 0 Å². The molecule has 0 aromatic carbocycles. The van der Waals surface area contributed by atoms with Gasteiger partial charge in [0, 0.05) is 120 Å². The Kier molecular flexibility index (Phi) is 76.7. The zero-order valence-corrected chi connectivity index (χ0v) is 83.3. The lowest BCUT2D eigenvalue weighted by Crippen LogP contribution is -2.33. The van der Waals surface area contributed by atoms with E-state index >= 15 is 0 Å². The van der Waals surface area contributed by atoms with E-state index in [1.54, 1.807) is 45.2 Å². The van der Waals surface area contributed by atoms with E-state index < -0.39 is 0 Å². The Labute approximate surface area is 722 Å². The molecule has 0 bridgehead atoms. The quantitative estimate of drug-likeness (QED) is 0.00947. The van der Waals surface area contributed by atoms with Crippen molar-refractivity contribution in [2.75, 3.05) is 83.4 Å². The van der Waals surface area contributed by atoms with E-state index in [9.17, 15) is 28.8 Å². The van der Waals surface area contributed by atoms with Gasteiger partial charge in [-0.1, -0.05) is 204 Å². The van der Waals surface area contributed by atoms with Crippen LogP contribution in [-0.4, -0.2) is 181 Å². The average molecular weight is 1680 g/mol. The molecule has 2 aromatic heterocycles. The number of Topliss-reactive ketones (excluding diaryl/α,β-unsaturated/α-hetero) is 2. The standard InChI is InChI=1S/C10H20N4.C10H21NO2.C10H21NO.C10H20O2.C9H16N2O.C9H19NO2.C9H19NO.C9H18O2.C8H14N2O.C8H17NO/c1-9(2)6-5-7-12-10(13-8-11)14(3)4;1-10(2,3)8-6-7-9(12)11(4)13-5;1-10(2,3)8-6-7-9(12)11(4)5;1-10(2,3)7-5-6-9(11)8-12-4;1-7-10-8(12-11-7)5-6-9(2,3)4;1-9(2,3)7-5-6-8(11)10(4)12;1-9(2,3)7-5-6-8-10-11-4;1-9(2,3)6-4-5-8(11)7-10;1-6(2)4-5-8-10-9-7(3)11-8;1-8(2,3)6-4-5-7(9)10/h9H,5-7H2,1-4H3,(H,12,13);6-8H2,1-5H3;6-8H2,1-5H3;5-8H2,1-4H3;5-6H2,1-4H3;12H,5-7H2,1-4H3;8H,5-7H2,1-4H3;10H,4-7H2,1-3H3;6H,4-5H2,1-3H3;4-6H2,1-3H3,(H2,9,10)/b;;;;;;10-8+;;;. The number of aliphatic imine (C=N–C) groups is 1. The van der Waals surface area contributed by atoms with Gasteiger partial charge in [0.1, 0.15) is 20.3 Å². The molecule has 696 valence electrons. The number of nitriles is 1. The number of carbonyl (C=O) groups excluding carboxylic acids is 6. The minimum Gasteiger partial charge on any atom is -0.426 e. The average Bonchev–Trinajstić information content (AvgIpc) is 1.79. The van der Waals surface area contributed by atoms with Gasteiger partial charge in [-0.3, -0.25) is 49.1 Å². The number of methoxy groups -OCH3 is 1. The molecule has 0 aliphatic carbocycles. The molecule has 0 saturated carbocycles. The zero-order chi connectivity index (χ0) is 93.9. The largest absolute Gasteiger partial charge is 0.426 e. The summed E-state index contributed by atoms with van der Waals surface area (Å²) in [6.07, 6.45) is 28.7. The first-order valence-electron chi connectivity index (χ1n) is 43.0. The molecule has 0 atom stereocenters. The molecule has 26 nitrogen and oxygen atoms in total. The number of ketones is 2. The number of rotatable bonds is 35. The van der Waals surface area contributed by atoms with Crippen molar-refractivity contribution < 1.29 is 62.4 Å². The second-order valence-electron chi connectivity index (χ2n) is 41.1. The number of aromatic nitrogens is 4. The van der Waals surface area contributed by atoms with Crippen molar-refractivity contribution in [1.29, 1.82) is 5.26 Å². The van der Waals surface area contributed by atoms with Gasteiger partial charge >= 0.3 is 0 Å². The minimum absolute atomic E-state index is 0.0470. The number of aliphatic hydroxyl groups is 1. The Morgan fingerprint density at radius 3 is 1.25 bits per heavy atom. The van der Waals surface area contributed by atoms with Crippen molar-refractivity contribution in [2.24, 2.45) is 71.0 Å². The molecule has 0 aliphatic heterocycles. The van der Waals surface area contributed by atoms with Crippen LogP contribution in [0.15, 0.2) is 19.1 Å². The summed E-state index contributed by atoms with van der Waals surface area (Å²) in [5.41, 5.74) is 7.67. The minimum atomic E-state index is -0.301. The maximum Gasteiger partial charge on any atom is 0.245 e. The van der Waals surface area contributed by atoms with Gasteiger partial charge in [0.2, 0.25) is 47.3 Å². The fourth-order valence-corrected chi connectivity index (χ4v) is 9.34. The second-order valence-corrected chi connectivity index (χ2v) is 41.1. The number of aliphatic hydroxyl groups excluding tert-OH is 1. The third kappa shape index (κ3) is 116. The number of hydrogen-bond donors (Lipinski definition) is 4. The van der Waals surface area contributed by atoms with Crippen LogP contribution < -0.4 is 11.1 Å². The number of aryl methyl sites for hydroxylation is 4. The number of amides is 4. The van der Waals surface area contributed by atoms with Crippen LogP contribution in [-0.2, 0) is 56.0 Å². The van der Waals surface area contributed by atoms with Gasteiger partial charge in [-0.25, -0.2) is 10.1 Å². The molecule has 26 heteroatoms. The maximum atomic E-state index is 11.3. The van der Waals surface area contributed by atoms with E-state index in [0.29, 0.717) is 99.3 Å². The molecule has 5 N–H and O–H groups in total. The van der Waals surface area contributed by atoms with Crippen molar-refractivity contribution in [3.05, 3.63) is 23.5 Å². The number of unbranched alkanes of at least 4 members (excludes halogenated alkanes) is 1. The normalized spacial score (nSPS) is 11.6. The molecule has 0 spiro atoms. The van der Waals surface area contributed by atoms with Crippen molar-refractivity contribution in [3.8, 4) is 6.19 Å². The van der Waals surface area contributed by atoms with Gasteiger partial charge in [0.15, 0.2) is 23.6 Å². The molecular formula is C92H185N13O13. The highest BCUT2D eigenvalue weighted by Gasteiger charge is 2.18. The van der Waals surface area contributed by atoms with Crippen LogP contribution in [0.4, 0.5) is 0 Å². The van der Waals surface area contributed by atoms with E-state index in [-0.39, 0.29) is 53.8 Å². The Bertz CT molecular complexity index is 2860. The number of oxime groups is 1. The lowest BCUT2D eigenvalue weighted by molar-refractivity contribution is -0.168. The number of carbonyl (C=O) groups is 6. The van der Waals surface area contributed by atoms with Crippen LogP contribution in [0.5, 0.6) is 0 Å². The van der Waals surface area contributed by atoms with E-state index in [1.165, 1.54) is 38.5 Å². The van der Waals surface area contributed by atoms with Crippen LogP contribution in [0.1, 0.15) is 378 Å². The van der Waals surface area contributed by atoms with E-state index in [2.05, 4.69) is 235 Å². The number of hydroxylamine groups is 4. The lowest BCUT2D eigenvalue weighted by atomic mass is 9.89. The zero-order valence-electron chi connectivity index (χ0n) is 83.3. The number of nitrogens with one attached hydrogen (secondary N) is 1. The number of hydrogen-bond acceptors (Lipinski definition) is 20. The molecule has 0 saturated heterocycles. The van der Waals surface area contributed by atoms with Crippen LogP contribution in [0.3, 0.4) is 0 Å². The molecule has 0 aliphatic rings. The first kappa shape index (κ1) is 127. The Balaban J connectivity index is -0.000000190. The highest BCUT2D eigenvalue weighted by molar-refractivity contribution is 5.81. The topological polar surface area (TPSA) is 348 Å². The van der Waals surface area contributed by atoms with Crippen LogP contribution >= 0.6 is 0 Å². The molecule has 2 aromatic rings. The highest BCUT2D eigenvalue weighted by atomic mass is 16.7. The molecule has 118 heavy (non-hydrogen) atoms. The summed E-state index contributed by atoms with van der Waals surface area (Å²) in [5, 5.41) is 45.1. The first-order chi connectivity index (χ1) is 53.6. The van der Waals surface area contributed by atoms with Crippen molar-refractivity contribution in [3.63, 3.8) is 0 Å². The van der Waals surface area contributed by atoms with Crippen molar-refractivity contribution in [2.45, 2.75) is 381 Å². The summed E-state index contributed by atoms with van der Waals surface area (Å²) in [7, 11) is 15.0. The SMILES string of the molecule is CC(C)(C)CCCC(=O)CO.CC(C)(C)CCCC(N)=O.CC(C)CCCN=C(NC#N)N(C)C.CN(C)C(=O)CCCC(C)(C)C.CN(O)C(=O)CCCC(C)(C)C.CO/N=C/CCCC(C)(C)C.COCC(=O)CCCC(C)(C)C.CON(C)C(=O)CCCC(C)(C)C.Cc1nnc(CCC(C)C)o1.Cc1noc(CCC(C)(C)C)n1. The number of nitrogens with zero attached hydrogens (tertiary/aromatic N) is 11. The highest BCUT2D eigenvalue weighted by Crippen LogP contribution is 2.27. The fourth-order valence-electron chi connectivity index (χ4n) is 9.34. The molecule has 0 unspecified atom stereocenters. The summed E-state index contributed by atoms with van der Waals surface area (Å²) < 4.78 is 14.9. The third-order valence-corrected chi connectivity index (χ3v) is 16.4. The van der Waals surface area contributed by atoms with E-state index in [1.807, 2.05) is 40.4 Å². The number of ether oxygens (including phenoxy) is 1. The smallest absolute Gasteiger partial charge is 0.245 e. The van der Waals surface area contributed by atoms with Crippen LogP contribution in [0, 0.1) is 80.5 Å². The van der Waals surface area contributed by atoms with Crippen LogP contribution in [0.2, 0.25) is 0 Å². The van der Waals surface area contributed by atoms with Gasteiger partial charge in [-0.05, 0) is 184 Å². The molecule has 0 fully saturated rings. The van der Waals surface area contributed by atoms with E-state index in [4.69, 9.17) is 39.8 Å². The fraction of sp³-hybridized carbons (Fsp3) is 0.859. The monoisotopic (exact) mass is 1680 g/mol. The first-order valence-corrected chi connectivity index (χ1v) is 43.0. The van der Waals surface area contributed by atoms with Gasteiger partial charge < -0.3 is 39.2 Å². The van der Waals surface area contributed by atoms with Gasteiger partial charge in [0.05, 0.1) is 7.11 Å². The predicted octanol–water partition coefficient (Wildman–Crippen LogP) is 21.0. The molecule has 4 amide bonds. The summed E-state index contributed by atoms with van der Waals surface area (Å²) >= 11 is 0. The maximum absolute atomic E-state index is 11.3.